The third-order valence-corrected chi connectivity index (χ3v) is 4.05. The lowest BCUT2D eigenvalue weighted by Crippen LogP contribution is -2.18. The third kappa shape index (κ3) is 2.65. The van der Waals surface area contributed by atoms with Crippen LogP contribution in [0.5, 0.6) is 0 Å². The first kappa shape index (κ1) is 15.1. The Morgan fingerprint density at radius 2 is 1.84 bits per heavy atom. The minimum atomic E-state index is -0.561. The molecule has 25 heavy (non-hydrogen) atoms. The summed E-state index contributed by atoms with van der Waals surface area (Å²) in [7, 11) is 0. The van der Waals surface area contributed by atoms with E-state index < -0.39 is 5.76 Å². The topological polar surface area (TPSA) is 99.8 Å². The number of rotatable bonds is 3. The highest BCUT2D eigenvalue weighted by Gasteiger charge is 2.16. The standard InChI is InChI=1S/C18H15N5O2/c1-11-6-2-3-7-12(11)17-22-25-18(24)23(17)10-15-20-14-9-5-4-8-13(14)16(19)21-15/h2-9H,10H2,1H3,(H2,19,20,21). The molecule has 0 saturated heterocycles. The minimum absolute atomic E-state index is 0.126. The maximum Gasteiger partial charge on any atom is 0.442 e. The van der Waals surface area contributed by atoms with Crippen molar-refractivity contribution in [1.82, 2.24) is 19.7 Å². The quantitative estimate of drug-likeness (QED) is 0.618. The number of hydrogen-bond acceptors (Lipinski definition) is 6. The van der Waals surface area contributed by atoms with E-state index >= 15 is 0 Å². The van der Waals surface area contributed by atoms with Crippen molar-refractivity contribution >= 4 is 16.7 Å². The summed E-state index contributed by atoms with van der Waals surface area (Å²) in [6, 6.07) is 15.1. The number of nitrogens with two attached hydrogens (primary N) is 1. The zero-order valence-electron chi connectivity index (χ0n) is 13.5. The molecule has 0 bridgehead atoms. The first-order valence-electron chi connectivity index (χ1n) is 7.77. The van der Waals surface area contributed by atoms with Crippen LogP contribution in [0.3, 0.4) is 0 Å². The number of hydrogen-bond donors (Lipinski definition) is 1. The van der Waals surface area contributed by atoms with Gasteiger partial charge in [0.25, 0.3) is 0 Å². The zero-order valence-corrected chi connectivity index (χ0v) is 13.5. The molecular weight excluding hydrogens is 318 g/mol. The van der Waals surface area contributed by atoms with Crippen LogP contribution < -0.4 is 11.5 Å². The van der Waals surface area contributed by atoms with Crippen LogP contribution in [-0.4, -0.2) is 19.7 Å². The van der Waals surface area contributed by atoms with Gasteiger partial charge in [-0.3, -0.25) is 4.52 Å². The van der Waals surface area contributed by atoms with Crippen LogP contribution >= 0.6 is 0 Å². The van der Waals surface area contributed by atoms with Crippen LogP contribution in [0, 0.1) is 6.92 Å². The van der Waals surface area contributed by atoms with E-state index in [9.17, 15) is 4.79 Å². The Hall–Kier alpha value is -3.48. The fourth-order valence-corrected chi connectivity index (χ4v) is 2.79. The Morgan fingerprint density at radius 1 is 1.08 bits per heavy atom. The molecule has 0 saturated carbocycles. The van der Waals surface area contributed by atoms with Gasteiger partial charge >= 0.3 is 5.76 Å². The Kier molecular flexibility index (Phi) is 3.53. The maximum absolute atomic E-state index is 12.1. The molecule has 2 aromatic carbocycles. The predicted molar refractivity (Wildman–Crippen MR) is 94.0 cm³/mol. The molecule has 7 heteroatoms. The van der Waals surface area contributed by atoms with Crippen molar-refractivity contribution in [2.75, 3.05) is 5.73 Å². The van der Waals surface area contributed by atoms with Crippen molar-refractivity contribution in [3.05, 3.63) is 70.5 Å². The van der Waals surface area contributed by atoms with Crippen molar-refractivity contribution in [3.8, 4) is 11.4 Å². The van der Waals surface area contributed by atoms with E-state index in [1.54, 1.807) is 0 Å². The van der Waals surface area contributed by atoms with Gasteiger partial charge in [-0.25, -0.2) is 19.3 Å². The number of fused-ring (bicyclic) bond motifs is 1. The molecule has 0 aliphatic heterocycles. The second-order valence-electron chi connectivity index (χ2n) is 5.72. The fourth-order valence-electron chi connectivity index (χ4n) is 2.79. The summed E-state index contributed by atoms with van der Waals surface area (Å²) < 4.78 is 6.27. The molecule has 4 aromatic rings. The Labute approximate surface area is 142 Å². The molecule has 0 aliphatic rings. The van der Waals surface area contributed by atoms with E-state index in [1.165, 1.54) is 4.57 Å². The maximum atomic E-state index is 12.1. The van der Waals surface area contributed by atoms with Gasteiger partial charge in [0.2, 0.25) is 0 Å². The number of aromatic nitrogens is 4. The number of anilines is 1. The summed E-state index contributed by atoms with van der Waals surface area (Å²) >= 11 is 0. The smallest absolute Gasteiger partial charge is 0.383 e. The Morgan fingerprint density at radius 3 is 2.68 bits per heavy atom. The van der Waals surface area contributed by atoms with E-state index in [2.05, 4.69) is 15.1 Å². The molecule has 0 radical (unpaired) electrons. The Balaban J connectivity index is 1.81. The van der Waals surface area contributed by atoms with Gasteiger partial charge < -0.3 is 5.73 Å². The summed E-state index contributed by atoms with van der Waals surface area (Å²) in [5.74, 6) is 0.686. The van der Waals surface area contributed by atoms with Gasteiger partial charge in [0.1, 0.15) is 5.82 Å². The van der Waals surface area contributed by atoms with E-state index in [0.29, 0.717) is 17.5 Å². The second kappa shape index (κ2) is 5.86. The fraction of sp³-hybridized carbons (Fsp3) is 0.111. The van der Waals surface area contributed by atoms with Gasteiger partial charge in [0, 0.05) is 10.9 Å². The van der Waals surface area contributed by atoms with Crippen molar-refractivity contribution in [2.24, 2.45) is 0 Å². The lowest BCUT2D eigenvalue weighted by atomic mass is 10.1. The molecule has 2 aromatic heterocycles. The lowest BCUT2D eigenvalue weighted by Gasteiger charge is -2.08. The molecule has 7 nitrogen and oxygen atoms in total. The molecule has 0 atom stereocenters. The molecule has 0 spiro atoms. The SMILES string of the molecule is Cc1ccccc1-c1noc(=O)n1Cc1nc(N)c2ccccc2n1. The number of aryl methyl sites for hydroxylation is 1. The molecule has 0 unspecified atom stereocenters. The van der Waals surface area contributed by atoms with Gasteiger partial charge in [0.15, 0.2) is 11.6 Å². The summed E-state index contributed by atoms with van der Waals surface area (Å²) in [6.07, 6.45) is 0. The number of nitrogen functional groups attached to an aromatic ring is 1. The van der Waals surface area contributed by atoms with Crippen LogP contribution in [0.1, 0.15) is 11.4 Å². The van der Waals surface area contributed by atoms with E-state index in [4.69, 9.17) is 10.3 Å². The van der Waals surface area contributed by atoms with Crippen molar-refractivity contribution in [3.63, 3.8) is 0 Å². The molecule has 0 amide bonds. The van der Waals surface area contributed by atoms with Crippen LogP contribution in [0.4, 0.5) is 5.82 Å². The third-order valence-electron chi connectivity index (χ3n) is 4.05. The summed E-state index contributed by atoms with van der Waals surface area (Å²) in [5.41, 5.74) is 8.56. The summed E-state index contributed by atoms with van der Waals surface area (Å²) in [5, 5.41) is 4.70. The molecule has 2 N–H and O–H groups in total. The largest absolute Gasteiger partial charge is 0.442 e. The van der Waals surface area contributed by atoms with Gasteiger partial charge in [-0.2, -0.15) is 0 Å². The summed E-state index contributed by atoms with van der Waals surface area (Å²) in [4.78, 5) is 20.9. The van der Waals surface area contributed by atoms with E-state index in [-0.39, 0.29) is 6.54 Å². The normalized spacial score (nSPS) is 11.1. The minimum Gasteiger partial charge on any atom is -0.383 e. The van der Waals surface area contributed by atoms with Crippen molar-refractivity contribution in [2.45, 2.75) is 13.5 Å². The van der Waals surface area contributed by atoms with Gasteiger partial charge in [0.05, 0.1) is 12.1 Å². The molecule has 0 aliphatic carbocycles. The number of nitrogens with zero attached hydrogens (tertiary/aromatic N) is 4. The molecular formula is C18H15N5O2. The molecule has 0 fully saturated rings. The van der Waals surface area contributed by atoms with E-state index in [1.807, 2.05) is 55.5 Å². The lowest BCUT2D eigenvalue weighted by molar-refractivity contribution is 0.377. The van der Waals surface area contributed by atoms with E-state index in [0.717, 1.165) is 22.0 Å². The predicted octanol–water partition coefficient (Wildman–Crippen LogP) is 2.39. The summed E-state index contributed by atoms with van der Waals surface area (Å²) in [6.45, 7) is 2.07. The monoisotopic (exact) mass is 333 g/mol. The number of benzene rings is 2. The number of para-hydroxylation sites is 1. The first-order chi connectivity index (χ1) is 12.1. The van der Waals surface area contributed by atoms with Crippen LogP contribution in [0.2, 0.25) is 0 Å². The highest BCUT2D eigenvalue weighted by molar-refractivity contribution is 5.87. The molecule has 124 valence electrons. The van der Waals surface area contributed by atoms with Gasteiger partial charge in [-0.05, 0) is 24.6 Å². The van der Waals surface area contributed by atoms with Crippen LogP contribution in [-0.2, 0) is 6.54 Å². The zero-order chi connectivity index (χ0) is 17.4. The van der Waals surface area contributed by atoms with Crippen molar-refractivity contribution in [1.29, 1.82) is 0 Å². The van der Waals surface area contributed by atoms with Crippen LogP contribution in [0.15, 0.2) is 57.8 Å². The molecule has 2 heterocycles. The first-order valence-corrected chi connectivity index (χ1v) is 7.77. The highest BCUT2D eigenvalue weighted by atomic mass is 16.5. The molecule has 4 rings (SSSR count). The van der Waals surface area contributed by atoms with Gasteiger partial charge in [-0.1, -0.05) is 41.6 Å². The highest BCUT2D eigenvalue weighted by Crippen LogP contribution is 2.21. The average molecular weight is 333 g/mol. The van der Waals surface area contributed by atoms with Crippen molar-refractivity contribution < 1.29 is 4.52 Å². The van der Waals surface area contributed by atoms with Crippen LogP contribution in [0.25, 0.3) is 22.3 Å². The van der Waals surface area contributed by atoms with Gasteiger partial charge in [-0.15, -0.1) is 0 Å². The average Bonchev–Trinajstić information content (AvgIpc) is 2.96. The Bertz CT molecular complexity index is 1130. The second-order valence-corrected chi connectivity index (χ2v) is 5.72.